The first-order valence-electron chi connectivity index (χ1n) is 13.4. The van der Waals surface area contributed by atoms with Gasteiger partial charge in [-0.15, -0.1) is 0 Å². The van der Waals surface area contributed by atoms with Crippen LogP contribution in [0, 0.1) is 17.6 Å². The number of halogens is 2. The number of benzene rings is 2. The molecule has 0 radical (unpaired) electrons. The molecule has 2 fully saturated rings. The molecule has 3 atom stereocenters. The van der Waals surface area contributed by atoms with Crippen LogP contribution in [0.2, 0.25) is 0 Å². The summed E-state index contributed by atoms with van der Waals surface area (Å²) >= 11 is 0. The van der Waals surface area contributed by atoms with Crippen LogP contribution in [0.1, 0.15) is 30.9 Å². The summed E-state index contributed by atoms with van der Waals surface area (Å²) in [5.41, 5.74) is 2.06. The van der Waals surface area contributed by atoms with Gasteiger partial charge in [0.1, 0.15) is 23.8 Å². The van der Waals surface area contributed by atoms with E-state index in [1.807, 2.05) is 36.4 Å². The Morgan fingerprint density at radius 2 is 1.90 bits per heavy atom. The number of fused-ring (bicyclic) bond motifs is 1. The first-order chi connectivity index (χ1) is 19.2. The van der Waals surface area contributed by atoms with Crippen molar-refractivity contribution in [1.82, 2.24) is 25.1 Å². The molecule has 2 saturated heterocycles. The topological polar surface area (TPSA) is 76.2 Å². The highest BCUT2D eigenvalue weighted by molar-refractivity contribution is 5.92. The van der Waals surface area contributed by atoms with Crippen LogP contribution in [0.4, 0.5) is 13.6 Å². The zero-order valence-electron chi connectivity index (χ0n) is 22.6. The van der Waals surface area contributed by atoms with Gasteiger partial charge >= 0.3 is 6.03 Å². The molecule has 2 aliphatic heterocycles. The van der Waals surface area contributed by atoms with Crippen LogP contribution in [0.25, 0.3) is 0 Å². The molecule has 8 nitrogen and oxygen atoms in total. The zero-order valence-corrected chi connectivity index (χ0v) is 22.6. The maximum Gasteiger partial charge on any atom is 0.332 e. The van der Waals surface area contributed by atoms with Crippen LogP contribution in [0.15, 0.2) is 72.3 Å². The predicted octanol–water partition coefficient (Wildman–Crippen LogP) is 3.82. The molecule has 1 unspecified atom stereocenters. The maximum absolute atomic E-state index is 14.6. The van der Waals surface area contributed by atoms with E-state index < -0.39 is 29.9 Å². The number of allylic oxidation sites excluding steroid dienone is 3. The SMILES string of the molecule is CC1C=C(C[C@H]2C(=O)N(Cc3ccc(F)cc3F)C[C@H]3N2C(=O)CN3N(C)C(=O)NCc2ccccc2)C=CC1. The van der Waals surface area contributed by atoms with Gasteiger partial charge in [-0.1, -0.05) is 61.5 Å². The van der Waals surface area contributed by atoms with E-state index in [1.54, 1.807) is 17.0 Å². The molecule has 0 aromatic heterocycles. The lowest BCUT2D eigenvalue weighted by atomic mass is 9.92. The van der Waals surface area contributed by atoms with Gasteiger partial charge in [-0.25, -0.2) is 13.6 Å². The van der Waals surface area contributed by atoms with Crippen LogP contribution in [0.5, 0.6) is 0 Å². The highest BCUT2D eigenvalue weighted by atomic mass is 19.1. The van der Waals surface area contributed by atoms with E-state index in [1.165, 1.54) is 16.0 Å². The second-order valence-corrected chi connectivity index (χ2v) is 10.6. The lowest BCUT2D eigenvalue weighted by molar-refractivity contribution is -0.157. The number of hydrazine groups is 1. The Bertz CT molecular complexity index is 1350. The average molecular weight is 550 g/mol. The molecule has 5 rings (SSSR count). The molecule has 2 heterocycles. The number of hydrogen-bond donors (Lipinski definition) is 1. The maximum atomic E-state index is 14.6. The standard InChI is InChI=1S/C30H33F2N5O3/c1-20-7-6-10-22(13-20)14-26-29(39)35(17-23-11-12-24(31)15-25(23)32)18-27-36(19-28(38)37(26)27)34(2)30(40)33-16-21-8-4-3-5-9-21/h3-6,8-13,15,20,26-27H,7,14,16-19H2,1-2H3,(H,33,40)/t20?,26-,27+/m0/s1. The van der Waals surface area contributed by atoms with Crippen molar-refractivity contribution in [3.63, 3.8) is 0 Å². The Balaban J connectivity index is 1.40. The molecule has 210 valence electrons. The van der Waals surface area contributed by atoms with Gasteiger partial charge in [0.15, 0.2) is 0 Å². The Labute approximate surface area is 232 Å². The molecule has 10 heteroatoms. The lowest BCUT2D eigenvalue weighted by Gasteiger charge is -2.46. The van der Waals surface area contributed by atoms with Gasteiger partial charge in [0.2, 0.25) is 11.8 Å². The van der Waals surface area contributed by atoms with Gasteiger partial charge in [-0.2, -0.15) is 5.01 Å². The number of nitrogens with one attached hydrogen (secondary N) is 1. The third-order valence-corrected chi connectivity index (χ3v) is 7.68. The summed E-state index contributed by atoms with van der Waals surface area (Å²) in [4.78, 5) is 43.3. The molecule has 2 aromatic carbocycles. The minimum absolute atomic E-state index is 0.0689. The Kier molecular flexibility index (Phi) is 7.97. The van der Waals surface area contributed by atoms with E-state index in [4.69, 9.17) is 0 Å². The number of amides is 4. The van der Waals surface area contributed by atoms with Crippen LogP contribution in [-0.2, 0) is 22.7 Å². The third kappa shape index (κ3) is 5.77. The highest BCUT2D eigenvalue weighted by Crippen LogP contribution is 2.32. The second-order valence-electron chi connectivity index (χ2n) is 10.6. The number of piperazine rings is 1. The van der Waals surface area contributed by atoms with Crippen LogP contribution in [0.3, 0.4) is 0 Å². The first kappa shape index (κ1) is 27.5. The normalized spacial score (nSPS) is 22.8. The fourth-order valence-electron chi connectivity index (χ4n) is 5.59. The van der Waals surface area contributed by atoms with Crippen molar-refractivity contribution in [2.45, 2.75) is 45.1 Å². The van der Waals surface area contributed by atoms with E-state index in [-0.39, 0.29) is 37.0 Å². The van der Waals surface area contributed by atoms with Gasteiger partial charge in [0.25, 0.3) is 0 Å². The number of urea groups is 1. The minimum Gasteiger partial charge on any atom is -0.333 e. The van der Waals surface area contributed by atoms with Crippen LogP contribution < -0.4 is 5.32 Å². The number of rotatable bonds is 7. The summed E-state index contributed by atoms with van der Waals surface area (Å²) < 4.78 is 28.1. The zero-order chi connectivity index (χ0) is 28.4. The molecule has 1 N–H and O–H groups in total. The van der Waals surface area contributed by atoms with Crippen molar-refractivity contribution in [1.29, 1.82) is 0 Å². The van der Waals surface area contributed by atoms with Crippen molar-refractivity contribution in [3.8, 4) is 0 Å². The molecular formula is C30H33F2N5O3. The smallest absolute Gasteiger partial charge is 0.332 e. The van der Waals surface area contributed by atoms with Gasteiger partial charge < -0.3 is 15.1 Å². The van der Waals surface area contributed by atoms with Gasteiger partial charge in [-0.05, 0) is 29.5 Å². The summed E-state index contributed by atoms with van der Waals surface area (Å²) in [6.07, 6.45) is 6.71. The summed E-state index contributed by atoms with van der Waals surface area (Å²) in [5, 5.41) is 5.89. The molecular weight excluding hydrogens is 516 g/mol. The predicted molar refractivity (Wildman–Crippen MR) is 145 cm³/mol. The fraction of sp³-hybridized carbons (Fsp3) is 0.367. The molecule has 3 aliphatic rings. The molecule has 0 spiro atoms. The highest BCUT2D eigenvalue weighted by Gasteiger charge is 2.51. The van der Waals surface area contributed by atoms with Crippen LogP contribution in [-0.4, -0.2) is 70.0 Å². The van der Waals surface area contributed by atoms with Crippen molar-refractivity contribution < 1.29 is 23.2 Å². The van der Waals surface area contributed by atoms with Crippen molar-refractivity contribution in [2.75, 3.05) is 20.1 Å². The van der Waals surface area contributed by atoms with E-state index in [0.717, 1.165) is 29.7 Å². The number of hydrogen-bond acceptors (Lipinski definition) is 4. The van der Waals surface area contributed by atoms with Crippen molar-refractivity contribution in [3.05, 3.63) is 95.1 Å². The van der Waals surface area contributed by atoms with Gasteiger partial charge in [-0.3, -0.25) is 14.6 Å². The molecule has 0 saturated carbocycles. The van der Waals surface area contributed by atoms with E-state index in [2.05, 4.69) is 24.4 Å². The molecule has 4 amide bonds. The van der Waals surface area contributed by atoms with Crippen LogP contribution >= 0.6 is 0 Å². The molecule has 2 aromatic rings. The Hall–Kier alpha value is -4.05. The lowest BCUT2D eigenvalue weighted by Crippen LogP contribution is -2.65. The summed E-state index contributed by atoms with van der Waals surface area (Å²) in [6.45, 7) is 2.32. The second kappa shape index (κ2) is 11.6. The molecule has 40 heavy (non-hydrogen) atoms. The number of nitrogens with zero attached hydrogens (tertiary/aromatic N) is 4. The molecule has 0 bridgehead atoms. The first-order valence-corrected chi connectivity index (χ1v) is 13.4. The number of carbonyl (C=O) groups excluding carboxylic acids is 3. The largest absolute Gasteiger partial charge is 0.333 e. The van der Waals surface area contributed by atoms with Crippen molar-refractivity contribution in [2.24, 2.45) is 5.92 Å². The Morgan fingerprint density at radius 1 is 1.12 bits per heavy atom. The quantitative estimate of drug-likeness (QED) is 0.570. The minimum atomic E-state index is -0.818. The number of carbonyl (C=O) groups is 3. The van der Waals surface area contributed by atoms with Gasteiger partial charge in [0.05, 0.1) is 13.1 Å². The monoisotopic (exact) mass is 549 g/mol. The summed E-state index contributed by atoms with van der Waals surface area (Å²) in [5.74, 6) is -1.69. The van der Waals surface area contributed by atoms with E-state index in [0.29, 0.717) is 18.9 Å². The third-order valence-electron chi connectivity index (χ3n) is 7.68. The summed E-state index contributed by atoms with van der Waals surface area (Å²) in [6, 6.07) is 11.5. The van der Waals surface area contributed by atoms with E-state index in [9.17, 15) is 23.2 Å². The average Bonchev–Trinajstić information content (AvgIpc) is 3.26. The fourth-order valence-corrected chi connectivity index (χ4v) is 5.59. The van der Waals surface area contributed by atoms with Crippen molar-refractivity contribution >= 4 is 17.8 Å². The Morgan fingerprint density at radius 3 is 2.62 bits per heavy atom. The summed E-state index contributed by atoms with van der Waals surface area (Å²) in [7, 11) is 1.58. The van der Waals surface area contributed by atoms with Gasteiger partial charge in [0, 0.05) is 38.2 Å². The van der Waals surface area contributed by atoms with E-state index >= 15 is 0 Å². The molecule has 1 aliphatic carbocycles.